The maximum Gasteiger partial charge on any atom is 0.0564 e. The molecule has 316 valence electrons. The van der Waals surface area contributed by atoms with Crippen molar-refractivity contribution in [1.82, 2.24) is 0 Å². The zero-order valence-electron chi connectivity index (χ0n) is 37.0. The molecule has 0 saturated carbocycles. The molecular weight excluding hydrogens is 809 g/mol. The van der Waals surface area contributed by atoms with Gasteiger partial charge in [-0.1, -0.05) is 200 Å². The van der Waals surface area contributed by atoms with Crippen LogP contribution in [-0.4, -0.2) is 0 Å². The van der Waals surface area contributed by atoms with Crippen LogP contribution in [0, 0.1) is 5.92 Å². The van der Waals surface area contributed by atoms with Crippen molar-refractivity contribution in [3.8, 4) is 33.4 Å². The molecule has 3 unspecified atom stereocenters. The van der Waals surface area contributed by atoms with E-state index in [0.717, 1.165) is 34.1 Å². The maximum absolute atomic E-state index is 2.55. The number of para-hydroxylation sites is 2. The van der Waals surface area contributed by atoms with E-state index >= 15 is 0 Å². The Balaban J connectivity index is 1.13. The first kappa shape index (κ1) is 39.0. The minimum Gasteiger partial charge on any atom is -0.310 e. The molecule has 3 aliphatic carbocycles. The van der Waals surface area contributed by atoms with Gasteiger partial charge in [0.2, 0.25) is 0 Å². The molecule has 0 aromatic heterocycles. The number of rotatable bonds is 8. The topological polar surface area (TPSA) is 6.48 Å². The summed E-state index contributed by atoms with van der Waals surface area (Å²) < 4.78 is 0. The van der Waals surface area contributed by atoms with Gasteiger partial charge in [-0.15, -0.1) is 0 Å². The summed E-state index contributed by atoms with van der Waals surface area (Å²) in [6.45, 7) is 0. The van der Waals surface area contributed by atoms with Crippen LogP contribution in [0.15, 0.2) is 267 Å². The van der Waals surface area contributed by atoms with E-state index in [4.69, 9.17) is 0 Å². The van der Waals surface area contributed by atoms with Gasteiger partial charge >= 0.3 is 0 Å². The Morgan fingerprint density at radius 1 is 0.328 bits per heavy atom. The molecule has 2 heteroatoms. The summed E-state index contributed by atoms with van der Waals surface area (Å²) in [5.41, 5.74) is 19.0. The van der Waals surface area contributed by atoms with Crippen molar-refractivity contribution in [2.45, 2.75) is 11.3 Å². The van der Waals surface area contributed by atoms with Gasteiger partial charge in [0.05, 0.1) is 11.1 Å². The second kappa shape index (κ2) is 15.9. The van der Waals surface area contributed by atoms with Crippen LogP contribution in [0.5, 0.6) is 0 Å². The van der Waals surface area contributed by atoms with Crippen LogP contribution in [0.3, 0.4) is 0 Å². The summed E-state index contributed by atoms with van der Waals surface area (Å²) in [6, 6.07) is 89.6. The van der Waals surface area contributed by atoms with Crippen molar-refractivity contribution in [3.05, 3.63) is 289 Å². The molecule has 0 saturated heterocycles. The van der Waals surface area contributed by atoms with E-state index in [0.29, 0.717) is 0 Å². The predicted octanol–water partition coefficient (Wildman–Crippen LogP) is 17.3. The van der Waals surface area contributed by atoms with Gasteiger partial charge in [0, 0.05) is 45.8 Å². The van der Waals surface area contributed by atoms with Gasteiger partial charge in [-0.25, -0.2) is 0 Å². The normalized spacial score (nSPS) is 17.2. The summed E-state index contributed by atoms with van der Waals surface area (Å²) in [6.07, 6.45) is 9.50. The SMILES string of the molecule is C1=CC2c3cc4ccccc4cc3C3(c4ccccc4-c4c(N(c5ccccc5)c5ccc(-c6ccccc6)cc5)cc(N(c5ccccc5)c5ccc(-c6ccccc6)cc5)cc43)C2C=C1. The van der Waals surface area contributed by atoms with Gasteiger partial charge in [-0.05, 0) is 128 Å². The molecule has 0 N–H and O–H groups in total. The fraction of sp³-hybridized carbons (Fsp3) is 0.0462. The van der Waals surface area contributed by atoms with Crippen molar-refractivity contribution in [3.63, 3.8) is 0 Å². The summed E-state index contributed by atoms with van der Waals surface area (Å²) in [7, 11) is 0. The number of benzene rings is 10. The highest BCUT2D eigenvalue weighted by Crippen LogP contribution is 2.68. The Hall–Kier alpha value is -8.46. The summed E-state index contributed by atoms with van der Waals surface area (Å²) in [5.74, 6) is 0.364. The fourth-order valence-electron chi connectivity index (χ4n) is 11.6. The Morgan fingerprint density at radius 3 is 1.43 bits per heavy atom. The van der Waals surface area contributed by atoms with Crippen LogP contribution in [0.2, 0.25) is 0 Å². The molecule has 3 aliphatic rings. The zero-order chi connectivity index (χ0) is 44.3. The molecule has 0 heterocycles. The van der Waals surface area contributed by atoms with E-state index < -0.39 is 5.41 Å². The van der Waals surface area contributed by atoms with Gasteiger partial charge in [0.25, 0.3) is 0 Å². The minimum atomic E-state index is -0.485. The number of hydrogen-bond acceptors (Lipinski definition) is 2. The predicted molar refractivity (Wildman–Crippen MR) is 280 cm³/mol. The van der Waals surface area contributed by atoms with Crippen molar-refractivity contribution >= 4 is 44.9 Å². The highest BCUT2D eigenvalue weighted by atomic mass is 15.2. The smallest absolute Gasteiger partial charge is 0.0564 e. The van der Waals surface area contributed by atoms with Crippen molar-refractivity contribution < 1.29 is 0 Å². The molecule has 0 radical (unpaired) electrons. The van der Waals surface area contributed by atoms with Gasteiger partial charge < -0.3 is 9.80 Å². The molecule has 0 amide bonds. The lowest BCUT2D eigenvalue weighted by Gasteiger charge is -2.38. The molecule has 0 bridgehead atoms. The molecule has 0 fully saturated rings. The average Bonchev–Trinajstić information content (AvgIpc) is 3.86. The van der Waals surface area contributed by atoms with Crippen molar-refractivity contribution in [1.29, 1.82) is 0 Å². The summed E-state index contributed by atoms with van der Waals surface area (Å²) >= 11 is 0. The van der Waals surface area contributed by atoms with Gasteiger partial charge in [-0.2, -0.15) is 0 Å². The number of nitrogens with zero attached hydrogens (tertiary/aromatic N) is 2. The summed E-state index contributed by atoms with van der Waals surface area (Å²) in [5, 5.41) is 2.55. The first-order chi connectivity index (χ1) is 33.2. The van der Waals surface area contributed by atoms with E-state index in [9.17, 15) is 0 Å². The van der Waals surface area contributed by atoms with Crippen molar-refractivity contribution in [2.75, 3.05) is 9.80 Å². The second-order valence-electron chi connectivity index (χ2n) is 18.0. The molecular formula is C65H46N2. The number of allylic oxidation sites excluding steroid dienone is 4. The highest BCUT2D eigenvalue weighted by molar-refractivity contribution is 6.01. The van der Waals surface area contributed by atoms with E-state index in [1.807, 2.05) is 0 Å². The van der Waals surface area contributed by atoms with Crippen LogP contribution in [0.4, 0.5) is 34.1 Å². The Morgan fingerprint density at radius 2 is 0.806 bits per heavy atom. The van der Waals surface area contributed by atoms with Crippen LogP contribution in [-0.2, 0) is 5.41 Å². The maximum atomic E-state index is 2.55. The zero-order valence-corrected chi connectivity index (χ0v) is 37.0. The Kier molecular flexibility index (Phi) is 9.25. The number of fused-ring (bicyclic) bond motifs is 11. The molecule has 13 rings (SSSR count). The fourth-order valence-corrected chi connectivity index (χ4v) is 11.6. The first-order valence-corrected chi connectivity index (χ1v) is 23.4. The van der Waals surface area contributed by atoms with Crippen molar-refractivity contribution in [2.24, 2.45) is 5.92 Å². The quantitative estimate of drug-likeness (QED) is 0.150. The van der Waals surface area contributed by atoms with Gasteiger partial charge in [-0.3, -0.25) is 0 Å². The largest absolute Gasteiger partial charge is 0.310 e. The van der Waals surface area contributed by atoms with E-state index in [1.165, 1.54) is 66.4 Å². The van der Waals surface area contributed by atoms with Gasteiger partial charge in [0.1, 0.15) is 0 Å². The van der Waals surface area contributed by atoms with Crippen LogP contribution in [0.25, 0.3) is 44.2 Å². The molecule has 67 heavy (non-hydrogen) atoms. The highest BCUT2D eigenvalue weighted by Gasteiger charge is 2.58. The first-order valence-electron chi connectivity index (χ1n) is 23.4. The third-order valence-corrected chi connectivity index (χ3v) is 14.5. The van der Waals surface area contributed by atoms with Crippen LogP contribution in [0.1, 0.15) is 28.2 Å². The molecule has 2 nitrogen and oxygen atoms in total. The average molecular weight is 855 g/mol. The lowest BCUT2D eigenvalue weighted by atomic mass is 9.65. The number of hydrogen-bond donors (Lipinski definition) is 0. The molecule has 10 aromatic carbocycles. The van der Waals surface area contributed by atoms with Gasteiger partial charge in [0.15, 0.2) is 0 Å². The Labute approximate surface area is 392 Å². The van der Waals surface area contributed by atoms with E-state index in [1.54, 1.807) is 0 Å². The lowest BCUT2D eigenvalue weighted by Crippen LogP contribution is -2.33. The lowest BCUT2D eigenvalue weighted by molar-refractivity contribution is 0.466. The third-order valence-electron chi connectivity index (χ3n) is 14.5. The van der Waals surface area contributed by atoms with Crippen LogP contribution < -0.4 is 9.80 Å². The molecule has 10 aromatic rings. The summed E-state index contributed by atoms with van der Waals surface area (Å²) in [4.78, 5) is 4.96. The standard InChI is InChI=1S/C65H46N2/c1-5-19-45(20-6-1)47-33-37-53(38-34-47)66(51-25-9-3-10-26-51)55-43-62-64(63(44-55)67(52-27-11-4-12-28-52)54-39-35-48(36-40-54)46-21-7-2-8-22-46)57-30-16-18-32-60(57)65(62)59-31-17-15-29-56(59)58-41-49-23-13-14-24-50(49)42-61(58)65/h1-44,56,59H. The third kappa shape index (κ3) is 6.25. The Bertz CT molecular complexity index is 3500. The molecule has 3 atom stereocenters. The minimum absolute atomic E-state index is 0.153. The molecule has 1 spiro atoms. The second-order valence-corrected chi connectivity index (χ2v) is 18.0. The molecule has 0 aliphatic heterocycles. The van der Waals surface area contributed by atoms with E-state index in [-0.39, 0.29) is 11.8 Å². The van der Waals surface area contributed by atoms with Crippen LogP contribution >= 0.6 is 0 Å². The van der Waals surface area contributed by atoms with E-state index in [2.05, 4.69) is 277 Å². The monoisotopic (exact) mass is 854 g/mol. The number of anilines is 6.